The number of aromatic nitrogens is 2. The molecule has 2 heterocycles. The fraction of sp³-hybridized carbons (Fsp3) is 0.382. The molecule has 0 saturated carbocycles. The molecule has 1 N–H and O–H groups in total. The maximum Gasteiger partial charge on any atom is 0.336 e. The van der Waals surface area contributed by atoms with Gasteiger partial charge in [-0.05, 0) is 56.7 Å². The minimum atomic E-state index is -0.839. The number of benzene rings is 2. The van der Waals surface area contributed by atoms with Gasteiger partial charge < -0.3 is 29.0 Å². The van der Waals surface area contributed by atoms with Crippen LogP contribution in [0.1, 0.15) is 45.1 Å². The number of allylic oxidation sites excluding steroid dienone is 2. The molecule has 10 heteroatoms. The number of rotatable bonds is 15. The number of carbonyl (C=O) groups excluding carboxylic acids is 2. The molecule has 44 heavy (non-hydrogen) atoms. The molecule has 0 fully saturated rings. The highest BCUT2D eigenvalue weighted by Gasteiger charge is 2.40. The maximum atomic E-state index is 13.7. The van der Waals surface area contributed by atoms with E-state index in [0.717, 1.165) is 29.8 Å². The molecule has 1 aliphatic heterocycles. The molecule has 0 aliphatic carbocycles. The number of dihydropyridines is 1. The Hall–Kier alpha value is -4.41. The van der Waals surface area contributed by atoms with Crippen molar-refractivity contribution in [2.24, 2.45) is 0 Å². The Bertz CT molecular complexity index is 1430. The molecule has 3 aromatic rings. The molecule has 0 bridgehead atoms. The second kappa shape index (κ2) is 15.9. The van der Waals surface area contributed by atoms with Crippen LogP contribution in [0.4, 0.5) is 0 Å². The maximum absolute atomic E-state index is 13.7. The van der Waals surface area contributed by atoms with Crippen LogP contribution in [0, 0.1) is 0 Å². The van der Waals surface area contributed by atoms with Gasteiger partial charge in [0, 0.05) is 42.9 Å². The minimum Gasteiger partial charge on any atom is -0.494 e. The molecule has 0 saturated heterocycles. The van der Waals surface area contributed by atoms with Gasteiger partial charge in [-0.2, -0.15) is 5.10 Å². The molecule has 0 unspecified atom stereocenters. The molecule has 2 aromatic carbocycles. The lowest BCUT2D eigenvalue weighted by molar-refractivity contribution is -0.141. The number of methoxy groups -OCH3 is 2. The van der Waals surface area contributed by atoms with Gasteiger partial charge in [0.2, 0.25) is 0 Å². The highest BCUT2D eigenvalue weighted by molar-refractivity contribution is 6.00. The Balaban J connectivity index is 1.88. The van der Waals surface area contributed by atoms with Gasteiger partial charge in [-0.15, -0.1) is 0 Å². The Morgan fingerprint density at radius 1 is 0.818 bits per heavy atom. The molecule has 0 amide bonds. The number of ether oxygens (including phenoxy) is 5. The van der Waals surface area contributed by atoms with Crippen LogP contribution in [-0.2, 0) is 28.5 Å². The first-order chi connectivity index (χ1) is 21.4. The standard InChI is InChI=1S/C34H41N3O7/c1-6-7-17-42-27-15-13-25(14-16-27)32-28(22-37(36-32)26-11-9-8-10-12-26)31-29(33(38)43-20-18-40-4)23(2)35-24(3)30(31)34(39)44-21-19-41-5/h8-16,22,31,35H,6-7,17-21H2,1-5H3. The molecule has 1 aliphatic rings. The monoisotopic (exact) mass is 603 g/mol. The zero-order chi connectivity index (χ0) is 31.5. The van der Waals surface area contributed by atoms with Gasteiger partial charge in [0.15, 0.2) is 0 Å². The number of hydrogen-bond donors (Lipinski definition) is 1. The SMILES string of the molecule is CCCCOc1ccc(-c2nn(-c3ccccc3)cc2C2C(C(=O)OCCOC)=C(C)NC(C)=C2C(=O)OCCOC)cc1. The van der Waals surface area contributed by atoms with Crippen LogP contribution in [0.3, 0.4) is 0 Å². The lowest BCUT2D eigenvalue weighted by Crippen LogP contribution is -2.33. The fourth-order valence-electron chi connectivity index (χ4n) is 5.02. The molecule has 10 nitrogen and oxygen atoms in total. The van der Waals surface area contributed by atoms with Crippen LogP contribution < -0.4 is 10.1 Å². The highest BCUT2D eigenvalue weighted by atomic mass is 16.6. The van der Waals surface area contributed by atoms with Crippen LogP contribution in [0.15, 0.2) is 83.3 Å². The smallest absolute Gasteiger partial charge is 0.336 e. The zero-order valence-electron chi connectivity index (χ0n) is 26.1. The van der Waals surface area contributed by atoms with Crippen LogP contribution in [-0.4, -0.2) is 69.0 Å². The van der Waals surface area contributed by atoms with E-state index >= 15 is 0 Å². The second-order valence-electron chi connectivity index (χ2n) is 10.3. The largest absolute Gasteiger partial charge is 0.494 e. The first-order valence-corrected chi connectivity index (χ1v) is 14.8. The van der Waals surface area contributed by atoms with Gasteiger partial charge in [-0.3, -0.25) is 0 Å². The lowest BCUT2D eigenvalue weighted by atomic mass is 9.79. The van der Waals surface area contributed by atoms with E-state index in [1.54, 1.807) is 18.5 Å². The summed E-state index contributed by atoms with van der Waals surface area (Å²) >= 11 is 0. The van der Waals surface area contributed by atoms with Crippen molar-refractivity contribution in [1.82, 2.24) is 15.1 Å². The summed E-state index contributed by atoms with van der Waals surface area (Å²) < 4.78 is 29.0. The summed E-state index contributed by atoms with van der Waals surface area (Å²) in [6.45, 7) is 6.93. The van der Waals surface area contributed by atoms with Gasteiger partial charge >= 0.3 is 11.9 Å². The van der Waals surface area contributed by atoms with E-state index in [1.807, 2.05) is 60.8 Å². The van der Waals surface area contributed by atoms with Crippen LogP contribution >= 0.6 is 0 Å². The predicted octanol–water partition coefficient (Wildman–Crippen LogP) is 5.33. The van der Waals surface area contributed by atoms with Gasteiger partial charge in [-0.25, -0.2) is 14.3 Å². The number of unbranched alkanes of at least 4 members (excludes halogenated alkanes) is 1. The van der Waals surface area contributed by atoms with E-state index < -0.39 is 17.9 Å². The summed E-state index contributed by atoms with van der Waals surface area (Å²) in [6, 6.07) is 17.3. The Morgan fingerprint density at radius 3 is 1.95 bits per heavy atom. The lowest BCUT2D eigenvalue weighted by Gasteiger charge is -2.30. The second-order valence-corrected chi connectivity index (χ2v) is 10.3. The first kappa shape index (κ1) is 32.5. The summed E-state index contributed by atoms with van der Waals surface area (Å²) in [5.41, 5.74) is 4.59. The summed E-state index contributed by atoms with van der Waals surface area (Å²) in [5.74, 6) is -1.21. The quantitative estimate of drug-likeness (QED) is 0.182. The van der Waals surface area contributed by atoms with Crippen molar-refractivity contribution in [3.63, 3.8) is 0 Å². The molecule has 0 spiro atoms. The van der Waals surface area contributed by atoms with Gasteiger partial charge in [0.05, 0.1) is 48.3 Å². The Morgan fingerprint density at radius 2 is 1.41 bits per heavy atom. The first-order valence-electron chi connectivity index (χ1n) is 14.8. The molecule has 234 valence electrons. The number of para-hydroxylation sites is 1. The van der Waals surface area contributed by atoms with Crippen molar-refractivity contribution in [1.29, 1.82) is 0 Å². The molecule has 4 rings (SSSR count). The van der Waals surface area contributed by atoms with Gasteiger partial charge in [-0.1, -0.05) is 31.5 Å². The number of carbonyl (C=O) groups is 2. The van der Waals surface area contributed by atoms with E-state index in [9.17, 15) is 9.59 Å². The fourth-order valence-corrected chi connectivity index (χ4v) is 5.02. The van der Waals surface area contributed by atoms with Crippen molar-refractivity contribution < 1.29 is 33.3 Å². The van der Waals surface area contributed by atoms with Crippen molar-refractivity contribution in [3.8, 4) is 22.7 Å². The van der Waals surface area contributed by atoms with Crippen LogP contribution in [0.2, 0.25) is 0 Å². The number of nitrogens with one attached hydrogen (secondary N) is 1. The van der Waals surface area contributed by atoms with Crippen molar-refractivity contribution in [2.75, 3.05) is 47.3 Å². The molecule has 1 aromatic heterocycles. The Kier molecular flexibility index (Phi) is 11.7. The summed E-state index contributed by atoms with van der Waals surface area (Å²) in [5, 5.41) is 8.19. The zero-order valence-corrected chi connectivity index (χ0v) is 26.1. The molecular formula is C34H41N3O7. The number of esters is 2. The third kappa shape index (κ3) is 7.75. The molecule has 0 atom stereocenters. The van der Waals surface area contributed by atoms with E-state index in [2.05, 4.69) is 12.2 Å². The number of nitrogens with zero attached hydrogens (tertiary/aromatic N) is 2. The summed E-state index contributed by atoms with van der Waals surface area (Å²) in [4.78, 5) is 27.4. The van der Waals surface area contributed by atoms with E-state index in [4.69, 9.17) is 28.8 Å². The molecular weight excluding hydrogens is 562 g/mol. The van der Waals surface area contributed by atoms with Crippen LogP contribution in [0.5, 0.6) is 5.75 Å². The van der Waals surface area contributed by atoms with Gasteiger partial charge in [0.25, 0.3) is 0 Å². The third-order valence-electron chi connectivity index (χ3n) is 7.21. The normalized spacial score (nSPS) is 13.6. The number of hydrogen-bond acceptors (Lipinski definition) is 9. The van der Waals surface area contributed by atoms with Crippen molar-refractivity contribution >= 4 is 11.9 Å². The summed E-state index contributed by atoms with van der Waals surface area (Å²) in [6.07, 6.45) is 3.87. The van der Waals surface area contributed by atoms with Crippen LogP contribution in [0.25, 0.3) is 16.9 Å². The van der Waals surface area contributed by atoms with E-state index in [1.165, 1.54) is 14.2 Å². The topological polar surface area (TPSA) is 110 Å². The average molecular weight is 604 g/mol. The van der Waals surface area contributed by atoms with Crippen molar-refractivity contribution in [3.05, 3.63) is 88.9 Å². The predicted molar refractivity (Wildman–Crippen MR) is 166 cm³/mol. The van der Waals surface area contributed by atoms with Crippen molar-refractivity contribution in [2.45, 2.75) is 39.5 Å². The molecule has 0 radical (unpaired) electrons. The van der Waals surface area contributed by atoms with E-state index in [0.29, 0.717) is 40.4 Å². The Labute approximate surface area is 258 Å². The average Bonchev–Trinajstić information content (AvgIpc) is 3.47. The minimum absolute atomic E-state index is 0.0603. The van der Waals surface area contributed by atoms with Gasteiger partial charge in [0.1, 0.15) is 19.0 Å². The summed E-state index contributed by atoms with van der Waals surface area (Å²) in [7, 11) is 3.07. The van der Waals surface area contributed by atoms with E-state index in [-0.39, 0.29) is 26.4 Å². The highest BCUT2D eigenvalue weighted by Crippen LogP contribution is 2.43. The third-order valence-corrected chi connectivity index (χ3v) is 7.21.